The summed E-state index contributed by atoms with van der Waals surface area (Å²) in [5.41, 5.74) is 0.680. The Labute approximate surface area is 129 Å². The fourth-order valence-corrected chi connectivity index (χ4v) is 3.57. The van der Waals surface area contributed by atoms with Crippen molar-refractivity contribution in [1.82, 2.24) is 4.90 Å². The largest absolute Gasteiger partial charge is 0.445 e. The fourth-order valence-electron chi connectivity index (χ4n) is 3.57. The number of hydrogen-bond donors (Lipinski definition) is 0. The molecule has 22 heavy (non-hydrogen) atoms. The van der Waals surface area contributed by atoms with Crippen molar-refractivity contribution in [2.24, 2.45) is 5.41 Å². The summed E-state index contributed by atoms with van der Waals surface area (Å²) in [6, 6.07) is 9.51. The van der Waals surface area contributed by atoms with Crippen LogP contribution in [0.3, 0.4) is 0 Å². The van der Waals surface area contributed by atoms with Gasteiger partial charge in [-0.2, -0.15) is 0 Å². The second-order valence-electron chi connectivity index (χ2n) is 6.56. The number of halogens is 2. The second-order valence-corrected chi connectivity index (χ2v) is 6.56. The maximum Gasteiger partial charge on any atom is 0.410 e. The Hall–Kier alpha value is -1.65. The number of alkyl halides is 2. The lowest BCUT2D eigenvalue weighted by Gasteiger charge is -2.38. The van der Waals surface area contributed by atoms with Gasteiger partial charge in [-0.3, -0.25) is 0 Å². The molecule has 1 heterocycles. The van der Waals surface area contributed by atoms with E-state index in [0.717, 1.165) is 5.56 Å². The van der Waals surface area contributed by atoms with Crippen LogP contribution >= 0.6 is 0 Å². The van der Waals surface area contributed by atoms with Crippen molar-refractivity contribution in [3.63, 3.8) is 0 Å². The van der Waals surface area contributed by atoms with E-state index in [2.05, 4.69) is 0 Å². The zero-order valence-electron chi connectivity index (χ0n) is 12.6. The number of nitrogens with zero attached hydrogens (tertiary/aromatic N) is 1. The first-order chi connectivity index (χ1) is 10.5. The van der Waals surface area contributed by atoms with Crippen LogP contribution in [0.2, 0.25) is 0 Å². The average molecular weight is 309 g/mol. The van der Waals surface area contributed by atoms with E-state index in [0.29, 0.717) is 32.4 Å². The first-order valence-electron chi connectivity index (χ1n) is 7.82. The predicted molar refractivity (Wildman–Crippen MR) is 78.7 cm³/mol. The molecule has 0 aromatic heterocycles. The molecule has 0 unspecified atom stereocenters. The van der Waals surface area contributed by atoms with Crippen LogP contribution in [-0.4, -0.2) is 30.0 Å². The van der Waals surface area contributed by atoms with Crippen molar-refractivity contribution in [3.8, 4) is 0 Å². The van der Waals surface area contributed by atoms with Crippen molar-refractivity contribution in [3.05, 3.63) is 35.9 Å². The molecular weight excluding hydrogens is 288 g/mol. The highest BCUT2D eigenvalue weighted by Gasteiger charge is 2.50. The Bertz CT molecular complexity index is 525. The number of ether oxygens (including phenoxy) is 1. The number of piperidine rings is 1. The van der Waals surface area contributed by atoms with E-state index in [1.54, 1.807) is 4.90 Å². The topological polar surface area (TPSA) is 29.5 Å². The predicted octanol–water partition coefficient (Wildman–Crippen LogP) is 4.22. The Morgan fingerprint density at radius 1 is 1.09 bits per heavy atom. The molecule has 0 atom stereocenters. The summed E-state index contributed by atoms with van der Waals surface area (Å²) in [6.45, 7) is 1.28. The summed E-state index contributed by atoms with van der Waals surface area (Å²) in [6.07, 6.45) is 1.51. The molecule has 2 aliphatic rings. The Morgan fingerprint density at radius 2 is 1.77 bits per heavy atom. The van der Waals surface area contributed by atoms with E-state index in [4.69, 9.17) is 4.74 Å². The van der Waals surface area contributed by atoms with Crippen LogP contribution < -0.4 is 0 Å². The number of rotatable bonds is 2. The number of amides is 1. The molecule has 0 bridgehead atoms. The highest BCUT2D eigenvalue weighted by Crippen LogP contribution is 2.52. The minimum absolute atomic E-state index is 0.00848. The van der Waals surface area contributed by atoms with Gasteiger partial charge in [0.15, 0.2) is 0 Å². The molecule has 120 valence electrons. The molecule has 1 amide bonds. The standard InChI is InChI=1S/C17H21F2NO2/c18-17(19)7-6-16(13-17)8-10-20(11-9-16)15(21)22-12-14-4-2-1-3-5-14/h1-5H,6-13H2. The number of hydrogen-bond acceptors (Lipinski definition) is 2. The van der Waals surface area contributed by atoms with E-state index in [9.17, 15) is 13.6 Å². The lowest BCUT2D eigenvalue weighted by atomic mass is 9.77. The molecule has 0 radical (unpaired) electrons. The summed E-state index contributed by atoms with van der Waals surface area (Å²) < 4.78 is 32.2. The third-order valence-electron chi connectivity index (χ3n) is 4.94. The maximum absolute atomic E-state index is 13.4. The van der Waals surface area contributed by atoms with Gasteiger partial charge in [-0.05, 0) is 30.2 Å². The molecule has 2 fully saturated rings. The zero-order chi connectivity index (χ0) is 15.6. The van der Waals surface area contributed by atoms with Gasteiger partial charge in [-0.15, -0.1) is 0 Å². The summed E-state index contributed by atoms with van der Waals surface area (Å²) in [5.74, 6) is -2.52. The van der Waals surface area contributed by atoms with Crippen LogP contribution in [0.25, 0.3) is 0 Å². The quantitative estimate of drug-likeness (QED) is 0.818. The van der Waals surface area contributed by atoms with E-state index in [1.807, 2.05) is 30.3 Å². The van der Waals surface area contributed by atoms with Gasteiger partial charge in [0.2, 0.25) is 5.92 Å². The lowest BCUT2D eigenvalue weighted by Crippen LogP contribution is -2.42. The molecule has 1 aliphatic heterocycles. The molecule has 1 aromatic carbocycles. The van der Waals surface area contributed by atoms with Crippen LogP contribution in [0.4, 0.5) is 13.6 Å². The van der Waals surface area contributed by atoms with Crippen molar-refractivity contribution in [2.45, 2.75) is 44.6 Å². The molecular formula is C17H21F2NO2. The summed E-state index contributed by atoms with van der Waals surface area (Å²) in [4.78, 5) is 13.7. The van der Waals surface area contributed by atoms with Gasteiger partial charge in [0.25, 0.3) is 0 Å². The molecule has 1 saturated carbocycles. The molecule has 1 saturated heterocycles. The van der Waals surface area contributed by atoms with Gasteiger partial charge in [0.05, 0.1) is 0 Å². The maximum atomic E-state index is 13.4. The smallest absolute Gasteiger partial charge is 0.410 e. The second kappa shape index (κ2) is 5.86. The molecule has 3 rings (SSSR count). The zero-order valence-corrected chi connectivity index (χ0v) is 12.6. The third-order valence-corrected chi connectivity index (χ3v) is 4.94. The molecule has 1 aliphatic carbocycles. The van der Waals surface area contributed by atoms with E-state index in [-0.39, 0.29) is 31.0 Å². The first kappa shape index (κ1) is 15.3. The number of carbonyl (C=O) groups is 1. The highest BCUT2D eigenvalue weighted by atomic mass is 19.3. The van der Waals surface area contributed by atoms with Crippen molar-refractivity contribution in [2.75, 3.05) is 13.1 Å². The van der Waals surface area contributed by atoms with Crippen LogP contribution in [-0.2, 0) is 11.3 Å². The Kier molecular flexibility index (Phi) is 4.06. The van der Waals surface area contributed by atoms with E-state index < -0.39 is 5.92 Å². The molecule has 5 heteroatoms. The molecule has 1 spiro atoms. The van der Waals surface area contributed by atoms with Gasteiger partial charge >= 0.3 is 6.09 Å². The molecule has 3 nitrogen and oxygen atoms in total. The van der Waals surface area contributed by atoms with Crippen LogP contribution in [0.5, 0.6) is 0 Å². The first-order valence-corrected chi connectivity index (χ1v) is 7.82. The Balaban J connectivity index is 1.48. The fraction of sp³-hybridized carbons (Fsp3) is 0.588. The minimum Gasteiger partial charge on any atom is -0.445 e. The summed E-state index contributed by atoms with van der Waals surface area (Å²) >= 11 is 0. The van der Waals surface area contributed by atoms with Gasteiger partial charge < -0.3 is 9.64 Å². The normalized spacial score (nSPS) is 22.7. The Morgan fingerprint density at radius 3 is 2.36 bits per heavy atom. The van der Waals surface area contributed by atoms with Crippen molar-refractivity contribution in [1.29, 1.82) is 0 Å². The summed E-state index contributed by atoms with van der Waals surface area (Å²) in [5, 5.41) is 0. The summed E-state index contributed by atoms with van der Waals surface area (Å²) in [7, 11) is 0. The van der Waals surface area contributed by atoms with E-state index >= 15 is 0 Å². The minimum atomic E-state index is -2.52. The number of likely N-dealkylation sites (tertiary alicyclic amines) is 1. The SMILES string of the molecule is O=C(OCc1ccccc1)N1CCC2(CC1)CCC(F)(F)C2. The van der Waals surface area contributed by atoms with E-state index in [1.165, 1.54) is 0 Å². The monoisotopic (exact) mass is 309 g/mol. The third kappa shape index (κ3) is 3.39. The van der Waals surface area contributed by atoms with Gasteiger partial charge in [0, 0.05) is 25.9 Å². The van der Waals surface area contributed by atoms with Gasteiger partial charge in [-0.1, -0.05) is 30.3 Å². The van der Waals surface area contributed by atoms with Crippen molar-refractivity contribution >= 4 is 6.09 Å². The van der Waals surface area contributed by atoms with Gasteiger partial charge in [-0.25, -0.2) is 13.6 Å². The molecule has 0 N–H and O–H groups in total. The number of carbonyl (C=O) groups excluding carboxylic acids is 1. The van der Waals surface area contributed by atoms with Crippen LogP contribution in [0.15, 0.2) is 30.3 Å². The average Bonchev–Trinajstić information content (AvgIpc) is 2.81. The number of benzene rings is 1. The lowest BCUT2D eigenvalue weighted by molar-refractivity contribution is -0.0133. The van der Waals surface area contributed by atoms with Crippen molar-refractivity contribution < 1.29 is 18.3 Å². The molecule has 1 aromatic rings. The van der Waals surface area contributed by atoms with Gasteiger partial charge in [0.1, 0.15) is 6.61 Å². The van der Waals surface area contributed by atoms with Crippen LogP contribution in [0, 0.1) is 5.41 Å². The highest BCUT2D eigenvalue weighted by molar-refractivity contribution is 5.67. The van der Waals surface area contributed by atoms with Crippen LogP contribution in [0.1, 0.15) is 37.7 Å².